The lowest BCUT2D eigenvalue weighted by molar-refractivity contribution is -0.137. The summed E-state index contributed by atoms with van der Waals surface area (Å²) in [6, 6.07) is 2.53. The average Bonchev–Trinajstić information content (AvgIpc) is 3.23. The third kappa shape index (κ3) is 2.96. The molecular formula is C16H11F3N6O2. The second-order valence-electron chi connectivity index (χ2n) is 5.58. The standard InChI is InChI=1S/C16H11F3N6O2/c1-8-3-11(24-27-8)15-23-10-4-9(16(17,18)19)5-22-14(10)25(15)12-6-21-13(26-2)7-20-12/h3-7H,1-2H3. The molecule has 0 atom stereocenters. The van der Waals surface area contributed by atoms with Gasteiger partial charge < -0.3 is 9.26 Å². The Morgan fingerprint density at radius 2 is 1.89 bits per heavy atom. The van der Waals surface area contributed by atoms with Gasteiger partial charge in [-0.25, -0.2) is 19.9 Å². The number of fused-ring (bicyclic) bond motifs is 1. The van der Waals surface area contributed by atoms with E-state index in [1.54, 1.807) is 13.0 Å². The number of aromatic nitrogens is 6. The maximum Gasteiger partial charge on any atom is 0.417 e. The van der Waals surface area contributed by atoms with Crippen LogP contribution in [0.5, 0.6) is 5.88 Å². The van der Waals surface area contributed by atoms with E-state index in [-0.39, 0.29) is 22.9 Å². The van der Waals surface area contributed by atoms with Crippen molar-refractivity contribution in [1.82, 2.24) is 29.7 Å². The molecule has 27 heavy (non-hydrogen) atoms. The van der Waals surface area contributed by atoms with Crippen LogP contribution in [0, 0.1) is 6.92 Å². The Morgan fingerprint density at radius 3 is 2.48 bits per heavy atom. The fourth-order valence-corrected chi connectivity index (χ4v) is 2.51. The van der Waals surface area contributed by atoms with Crippen LogP contribution in [-0.4, -0.2) is 36.8 Å². The second-order valence-corrected chi connectivity index (χ2v) is 5.58. The molecular weight excluding hydrogens is 365 g/mol. The predicted molar refractivity (Wildman–Crippen MR) is 86.2 cm³/mol. The molecule has 0 fully saturated rings. The quantitative estimate of drug-likeness (QED) is 0.542. The number of halogens is 3. The first-order valence-corrected chi connectivity index (χ1v) is 7.62. The van der Waals surface area contributed by atoms with E-state index in [0.717, 1.165) is 12.3 Å². The van der Waals surface area contributed by atoms with Crippen LogP contribution in [0.2, 0.25) is 0 Å². The minimum atomic E-state index is -4.53. The van der Waals surface area contributed by atoms with Crippen molar-refractivity contribution in [2.75, 3.05) is 7.11 Å². The lowest BCUT2D eigenvalue weighted by Crippen LogP contribution is -2.06. The minimum Gasteiger partial charge on any atom is -0.480 e. The van der Waals surface area contributed by atoms with Crippen molar-refractivity contribution in [3.05, 3.63) is 42.0 Å². The van der Waals surface area contributed by atoms with Crippen LogP contribution >= 0.6 is 0 Å². The molecule has 0 saturated heterocycles. The predicted octanol–water partition coefficient (Wildman–Crippen LogP) is 3.20. The highest BCUT2D eigenvalue weighted by atomic mass is 19.4. The van der Waals surface area contributed by atoms with Gasteiger partial charge in [-0.3, -0.25) is 4.57 Å². The molecule has 4 aromatic heterocycles. The van der Waals surface area contributed by atoms with Crippen molar-refractivity contribution in [2.45, 2.75) is 13.1 Å². The van der Waals surface area contributed by atoms with Gasteiger partial charge in [0.05, 0.1) is 25.1 Å². The number of nitrogens with zero attached hydrogens (tertiary/aromatic N) is 6. The van der Waals surface area contributed by atoms with Crippen molar-refractivity contribution in [3.8, 4) is 23.2 Å². The summed E-state index contributed by atoms with van der Waals surface area (Å²) < 4.78 is 50.5. The van der Waals surface area contributed by atoms with E-state index in [9.17, 15) is 13.2 Å². The molecule has 0 saturated carbocycles. The molecule has 0 aromatic carbocycles. The van der Waals surface area contributed by atoms with Crippen molar-refractivity contribution in [2.24, 2.45) is 0 Å². The zero-order chi connectivity index (χ0) is 19.2. The number of pyridine rings is 1. The van der Waals surface area contributed by atoms with Crippen molar-refractivity contribution < 1.29 is 22.4 Å². The molecule has 0 unspecified atom stereocenters. The molecule has 4 rings (SSSR count). The van der Waals surface area contributed by atoms with Gasteiger partial charge in [0, 0.05) is 12.3 Å². The summed E-state index contributed by atoms with van der Waals surface area (Å²) in [6.07, 6.45) is -1.01. The van der Waals surface area contributed by atoms with Crippen LogP contribution in [0.25, 0.3) is 28.5 Å². The summed E-state index contributed by atoms with van der Waals surface area (Å²) in [5.74, 6) is 1.33. The van der Waals surface area contributed by atoms with E-state index < -0.39 is 11.7 Å². The highest BCUT2D eigenvalue weighted by Gasteiger charge is 2.32. The molecule has 0 amide bonds. The summed E-state index contributed by atoms with van der Waals surface area (Å²) in [7, 11) is 1.44. The molecule has 0 aliphatic carbocycles. The molecule has 8 nitrogen and oxygen atoms in total. The zero-order valence-corrected chi connectivity index (χ0v) is 14.0. The van der Waals surface area contributed by atoms with Crippen LogP contribution in [0.4, 0.5) is 13.2 Å². The van der Waals surface area contributed by atoms with E-state index in [1.165, 1.54) is 24.1 Å². The summed E-state index contributed by atoms with van der Waals surface area (Å²) in [5, 5.41) is 3.89. The summed E-state index contributed by atoms with van der Waals surface area (Å²) in [5.41, 5.74) is -0.351. The smallest absolute Gasteiger partial charge is 0.417 e. The van der Waals surface area contributed by atoms with Crippen molar-refractivity contribution in [1.29, 1.82) is 0 Å². The average molecular weight is 376 g/mol. The highest BCUT2D eigenvalue weighted by Crippen LogP contribution is 2.32. The number of alkyl halides is 3. The summed E-state index contributed by atoms with van der Waals surface area (Å²) >= 11 is 0. The van der Waals surface area contributed by atoms with Crippen LogP contribution in [-0.2, 0) is 6.18 Å². The van der Waals surface area contributed by atoms with Gasteiger partial charge in [-0.05, 0) is 13.0 Å². The SMILES string of the molecule is COc1cnc(-n2c(-c3cc(C)on3)nc3cc(C(F)(F)F)cnc32)cn1. The third-order valence-electron chi connectivity index (χ3n) is 3.73. The molecule has 0 radical (unpaired) electrons. The molecule has 0 aliphatic heterocycles. The van der Waals surface area contributed by atoms with Crippen LogP contribution in [0.1, 0.15) is 11.3 Å². The van der Waals surface area contributed by atoms with E-state index in [0.29, 0.717) is 17.3 Å². The Labute approximate surface area is 149 Å². The first kappa shape index (κ1) is 16.9. The number of imidazole rings is 1. The Bertz CT molecular complexity index is 1120. The largest absolute Gasteiger partial charge is 0.480 e. The van der Waals surface area contributed by atoms with Gasteiger partial charge in [-0.2, -0.15) is 13.2 Å². The van der Waals surface area contributed by atoms with E-state index in [1.807, 2.05) is 0 Å². The molecule has 4 heterocycles. The van der Waals surface area contributed by atoms with Gasteiger partial charge in [0.25, 0.3) is 0 Å². The van der Waals surface area contributed by atoms with Crippen molar-refractivity contribution >= 4 is 11.2 Å². The van der Waals surface area contributed by atoms with Gasteiger partial charge in [-0.15, -0.1) is 0 Å². The second kappa shape index (κ2) is 6.04. The molecule has 0 aliphatic rings. The van der Waals surface area contributed by atoms with Crippen LogP contribution < -0.4 is 4.74 Å². The molecule has 0 bridgehead atoms. The monoisotopic (exact) mass is 376 g/mol. The van der Waals surface area contributed by atoms with Crippen LogP contribution in [0.3, 0.4) is 0 Å². The first-order valence-electron chi connectivity index (χ1n) is 7.62. The van der Waals surface area contributed by atoms with Crippen molar-refractivity contribution in [3.63, 3.8) is 0 Å². The summed E-state index contributed by atoms with van der Waals surface area (Å²) in [6.45, 7) is 1.69. The van der Waals surface area contributed by atoms with E-state index in [2.05, 4.69) is 25.1 Å². The van der Waals surface area contributed by atoms with Gasteiger partial charge in [0.2, 0.25) is 5.88 Å². The number of rotatable bonds is 3. The molecule has 0 spiro atoms. The third-order valence-corrected chi connectivity index (χ3v) is 3.73. The molecule has 11 heteroatoms. The topological polar surface area (TPSA) is 91.8 Å². The van der Waals surface area contributed by atoms with Gasteiger partial charge >= 0.3 is 6.18 Å². The minimum absolute atomic E-state index is 0.0399. The Morgan fingerprint density at radius 1 is 1.07 bits per heavy atom. The zero-order valence-electron chi connectivity index (χ0n) is 14.0. The molecule has 4 aromatic rings. The Kier molecular flexibility index (Phi) is 3.79. The lowest BCUT2D eigenvalue weighted by atomic mass is 10.2. The molecule has 0 N–H and O–H groups in total. The maximum absolute atomic E-state index is 13.0. The number of methoxy groups -OCH3 is 1. The number of ether oxygens (including phenoxy) is 1. The Hall–Kier alpha value is -3.50. The highest BCUT2D eigenvalue weighted by molar-refractivity contribution is 5.79. The van der Waals surface area contributed by atoms with E-state index in [4.69, 9.17) is 9.26 Å². The van der Waals surface area contributed by atoms with Crippen LogP contribution in [0.15, 0.2) is 35.2 Å². The Balaban J connectivity index is 1.98. The molecule has 138 valence electrons. The number of aryl methyl sites for hydroxylation is 1. The fraction of sp³-hybridized carbons (Fsp3) is 0.188. The van der Waals surface area contributed by atoms with E-state index >= 15 is 0 Å². The number of hydrogen-bond acceptors (Lipinski definition) is 7. The maximum atomic E-state index is 13.0. The lowest BCUT2D eigenvalue weighted by Gasteiger charge is -2.07. The first-order chi connectivity index (χ1) is 12.9. The normalized spacial score (nSPS) is 11.9. The summed E-state index contributed by atoms with van der Waals surface area (Å²) in [4.78, 5) is 16.5. The fourth-order valence-electron chi connectivity index (χ4n) is 2.51. The van der Waals surface area contributed by atoms with Gasteiger partial charge in [-0.1, -0.05) is 5.16 Å². The van der Waals surface area contributed by atoms with Gasteiger partial charge in [0.1, 0.15) is 17.0 Å². The number of hydrogen-bond donors (Lipinski definition) is 0. The van der Waals surface area contributed by atoms with Gasteiger partial charge in [0.15, 0.2) is 17.3 Å².